The molecule has 1 aromatic carbocycles. The Morgan fingerprint density at radius 2 is 2.06 bits per heavy atom. The molecule has 5 N–H and O–H groups in total. The van der Waals surface area contributed by atoms with Crippen molar-refractivity contribution in [3.63, 3.8) is 0 Å². The van der Waals surface area contributed by atoms with Crippen LogP contribution < -0.4 is 20.7 Å². The fraction of sp³-hybridized carbons (Fsp3) is 0.455. The number of aromatic nitrogens is 4. The lowest BCUT2D eigenvalue weighted by molar-refractivity contribution is 0.209. The van der Waals surface area contributed by atoms with Gasteiger partial charge in [0.05, 0.1) is 19.9 Å². The summed E-state index contributed by atoms with van der Waals surface area (Å²) in [6.45, 7) is 2.62. The zero-order valence-electron chi connectivity index (χ0n) is 19.4. The summed E-state index contributed by atoms with van der Waals surface area (Å²) in [5, 5.41) is 31.4. The minimum absolute atomic E-state index is 0.00753. The molecule has 0 spiro atoms. The molecule has 11 nitrogen and oxygen atoms in total. The first-order chi connectivity index (χ1) is 16.4. The third-order valence-electron chi connectivity index (χ3n) is 5.30. The van der Waals surface area contributed by atoms with Gasteiger partial charge in [0.1, 0.15) is 22.6 Å². The van der Waals surface area contributed by atoms with Crippen LogP contribution in [0.2, 0.25) is 0 Å². The van der Waals surface area contributed by atoms with Crippen molar-refractivity contribution in [3.8, 4) is 5.75 Å². The summed E-state index contributed by atoms with van der Waals surface area (Å²) in [5.74, 6) is 0.304. The molecule has 1 unspecified atom stereocenters. The third kappa shape index (κ3) is 5.88. The summed E-state index contributed by atoms with van der Waals surface area (Å²) in [7, 11) is 3.21. The fourth-order valence-corrected chi connectivity index (χ4v) is 3.81. The normalized spacial score (nSPS) is 12.0. The zero-order chi connectivity index (χ0) is 24.7. The van der Waals surface area contributed by atoms with Crippen LogP contribution >= 0.6 is 0 Å². The molecule has 0 radical (unpaired) electrons. The molecule has 2 heterocycles. The Labute approximate surface area is 196 Å². The second-order valence-corrected chi connectivity index (χ2v) is 7.79. The van der Waals surface area contributed by atoms with Crippen LogP contribution in [0, 0.1) is 5.82 Å². The summed E-state index contributed by atoms with van der Waals surface area (Å²) in [6.07, 6.45) is 2.38. The Bertz CT molecular complexity index is 1130. The van der Waals surface area contributed by atoms with Crippen molar-refractivity contribution in [1.29, 1.82) is 0 Å². The van der Waals surface area contributed by atoms with E-state index >= 15 is 0 Å². The Morgan fingerprint density at radius 3 is 2.71 bits per heavy atom. The van der Waals surface area contributed by atoms with Crippen molar-refractivity contribution in [2.45, 2.75) is 45.3 Å². The number of anilines is 2. The van der Waals surface area contributed by atoms with Crippen LogP contribution in [0.5, 0.6) is 5.75 Å². The molecule has 0 saturated carbocycles. The maximum Gasteiger partial charge on any atom is 0.411 e. The van der Waals surface area contributed by atoms with Gasteiger partial charge in [0, 0.05) is 36.4 Å². The summed E-state index contributed by atoms with van der Waals surface area (Å²) in [6, 6.07) is 2.98. The molecule has 0 aliphatic carbocycles. The van der Waals surface area contributed by atoms with Crippen molar-refractivity contribution < 1.29 is 24.1 Å². The number of carboxylic acid groups (broad SMARTS) is 1. The van der Waals surface area contributed by atoms with Crippen molar-refractivity contribution in [2.75, 3.05) is 31.4 Å². The number of aliphatic hydroxyl groups excluding tert-OH is 1. The highest BCUT2D eigenvalue weighted by atomic mass is 19.1. The molecule has 34 heavy (non-hydrogen) atoms. The smallest absolute Gasteiger partial charge is 0.411 e. The van der Waals surface area contributed by atoms with Gasteiger partial charge in [-0.3, -0.25) is 10.00 Å². The first-order valence-corrected chi connectivity index (χ1v) is 11.0. The molecule has 1 amide bonds. The number of methoxy groups -OCH3 is 1. The van der Waals surface area contributed by atoms with Crippen molar-refractivity contribution in [3.05, 3.63) is 35.3 Å². The van der Waals surface area contributed by atoms with Crippen molar-refractivity contribution >= 4 is 28.9 Å². The average Bonchev–Trinajstić information content (AvgIpc) is 3.18. The first-order valence-electron chi connectivity index (χ1n) is 11.0. The molecular weight excluding hydrogens is 445 g/mol. The number of hydrogen-bond acceptors (Lipinski definition) is 8. The predicted molar refractivity (Wildman–Crippen MR) is 126 cm³/mol. The van der Waals surface area contributed by atoms with Crippen LogP contribution in [0.15, 0.2) is 18.3 Å². The number of fused-ring (bicyclic) bond motifs is 1. The summed E-state index contributed by atoms with van der Waals surface area (Å²) >= 11 is 0. The van der Waals surface area contributed by atoms with Crippen LogP contribution in [0.25, 0.3) is 11.0 Å². The Kier molecular flexibility index (Phi) is 8.55. The molecule has 12 heteroatoms. The number of aliphatic hydroxyl groups is 1. The average molecular weight is 476 g/mol. The highest BCUT2D eigenvalue weighted by molar-refractivity contribution is 5.89. The van der Waals surface area contributed by atoms with E-state index in [1.165, 1.54) is 19.4 Å². The minimum Gasteiger partial charge on any atom is -0.496 e. The molecule has 2 aromatic heterocycles. The van der Waals surface area contributed by atoms with Crippen LogP contribution in [0.1, 0.15) is 37.3 Å². The van der Waals surface area contributed by atoms with Gasteiger partial charge in [-0.1, -0.05) is 13.3 Å². The van der Waals surface area contributed by atoms with E-state index < -0.39 is 6.09 Å². The Hall–Kier alpha value is -3.51. The molecule has 0 aliphatic rings. The summed E-state index contributed by atoms with van der Waals surface area (Å²) in [5.41, 5.74) is 2.18. The number of hydrogen-bond donors (Lipinski definition) is 5. The maximum absolute atomic E-state index is 14.4. The lowest BCUT2D eigenvalue weighted by atomic mass is 10.1. The van der Waals surface area contributed by atoms with E-state index in [1.807, 2.05) is 6.92 Å². The van der Waals surface area contributed by atoms with Gasteiger partial charge in [-0.15, -0.1) is 0 Å². The standard InChI is InChI=1S/C22H30FN7O4/c1-4-5-15(6-7-31)26-20-19-17(27-21(28-20)29-22(32)33)11-25-30(19)12-14-8-13(10-24-2)16(23)9-18(14)34-3/h8-9,11,15,24,31H,4-7,10,12H2,1-3H3,(H,32,33)(H2,26,27,28,29). The van der Waals surface area contributed by atoms with Crippen LogP contribution in [-0.2, 0) is 13.1 Å². The first kappa shape index (κ1) is 25.1. The van der Waals surface area contributed by atoms with Crippen molar-refractivity contribution in [1.82, 2.24) is 25.1 Å². The number of ether oxygens (including phenoxy) is 1. The van der Waals surface area contributed by atoms with Gasteiger partial charge < -0.3 is 25.6 Å². The van der Waals surface area contributed by atoms with Crippen LogP contribution in [0.4, 0.5) is 21.0 Å². The number of rotatable bonds is 12. The number of nitrogens with one attached hydrogen (secondary N) is 3. The van der Waals surface area contributed by atoms with Gasteiger partial charge in [-0.05, 0) is 26.0 Å². The van der Waals surface area contributed by atoms with Crippen molar-refractivity contribution in [2.24, 2.45) is 0 Å². The molecule has 3 rings (SSSR count). The van der Waals surface area contributed by atoms with E-state index in [1.54, 1.807) is 17.8 Å². The number of nitrogens with zero attached hydrogens (tertiary/aromatic N) is 4. The molecule has 0 bridgehead atoms. The molecule has 0 saturated heterocycles. The molecule has 0 fully saturated rings. The molecule has 3 aromatic rings. The molecule has 184 valence electrons. The number of halogens is 1. The van der Waals surface area contributed by atoms with E-state index in [0.717, 1.165) is 12.8 Å². The topological polar surface area (TPSA) is 146 Å². The highest BCUT2D eigenvalue weighted by Crippen LogP contribution is 2.28. The highest BCUT2D eigenvalue weighted by Gasteiger charge is 2.19. The lowest BCUT2D eigenvalue weighted by Crippen LogP contribution is -2.23. The van der Waals surface area contributed by atoms with Gasteiger partial charge in [-0.2, -0.15) is 10.1 Å². The van der Waals surface area contributed by atoms with E-state index in [-0.39, 0.29) is 31.0 Å². The largest absolute Gasteiger partial charge is 0.496 e. The summed E-state index contributed by atoms with van der Waals surface area (Å²) in [4.78, 5) is 19.8. The number of benzene rings is 1. The van der Waals surface area contributed by atoms with Crippen LogP contribution in [-0.4, -0.2) is 62.9 Å². The van der Waals surface area contributed by atoms with E-state index in [2.05, 4.69) is 31.0 Å². The second-order valence-electron chi connectivity index (χ2n) is 7.79. The molecule has 1 atom stereocenters. The van der Waals surface area contributed by atoms with Gasteiger partial charge in [0.15, 0.2) is 5.82 Å². The van der Waals surface area contributed by atoms with Gasteiger partial charge >= 0.3 is 6.09 Å². The van der Waals surface area contributed by atoms with E-state index in [9.17, 15) is 14.3 Å². The van der Waals surface area contributed by atoms with E-state index in [4.69, 9.17) is 9.84 Å². The number of amides is 1. The van der Waals surface area contributed by atoms with E-state index in [0.29, 0.717) is 46.7 Å². The van der Waals surface area contributed by atoms with Gasteiger partial charge in [0.2, 0.25) is 5.95 Å². The van der Waals surface area contributed by atoms with Crippen LogP contribution in [0.3, 0.4) is 0 Å². The third-order valence-corrected chi connectivity index (χ3v) is 5.30. The predicted octanol–water partition coefficient (Wildman–Crippen LogP) is 2.79. The van der Waals surface area contributed by atoms with Gasteiger partial charge in [-0.25, -0.2) is 14.2 Å². The molecule has 0 aliphatic heterocycles. The van der Waals surface area contributed by atoms with Gasteiger partial charge in [0.25, 0.3) is 0 Å². The fourth-order valence-electron chi connectivity index (χ4n) is 3.81. The number of carbonyl (C=O) groups is 1. The monoisotopic (exact) mass is 475 g/mol. The lowest BCUT2D eigenvalue weighted by Gasteiger charge is -2.19. The quantitative estimate of drug-likeness (QED) is 0.267. The maximum atomic E-state index is 14.4. The SMILES string of the molecule is CCCC(CCO)Nc1nc(NC(=O)O)nc2cnn(Cc3cc(CNC)c(F)cc3OC)c12. The summed E-state index contributed by atoms with van der Waals surface area (Å²) < 4.78 is 21.4. The minimum atomic E-state index is -1.29. The zero-order valence-corrected chi connectivity index (χ0v) is 19.4. The molecular formula is C22H30FN7O4. The Balaban J connectivity index is 2.08. The second kappa shape index (κ2) is 11.6. The Morgan fingerprint density at radius 1 is 1.26 bits per heavy atom.